The number of hydrogen-bond acceptors (Lipinski definition) is 4. The first-order valence-electron chi connectivity index (χ1n) is 8.93. The molecule has 3 nitrogen and oxygen atoms in total. The Morgan fingerprint density at radius 2 is 1.85 bits per heavy atom. The van der Waals surface area contributed by atoms with Crippen molar-refractivity contribution in [1.82, 2.24) is 4.98 Å². The molecular formula is C22H26N2OS. The van der Waals surface area contributed by atoms with Gasteiger partial charge < -0.3 is 10.5 Å². The normalized spacial score (nSPS) is 11.5. The predicted octanol–water partition coefficient (Wildman–Crippen LogP) is 5.19. The Morgan fingerprint density at radius 1 is 1.08 bits per heavy atom. The number of rotatable bonds is 6. The average Bonchev–Trinajstić information content (AvgIpc) is 3.09. The molecule has 0 aliphatic rings. The average molecular weight is 367 g/mol. The zero-order chi connectivity index (χ0) is 18.6. The van der Waals surface area contributed by atoms with E-state index in [4.69, 9.17) is 15.5 Å². The second kappa shape index (κ2) is 8.02. The maximum atomic E-state index is 6.15. The van der Waals surface area contributed by atoms with Crippen molar-refractivity contribution in [2.24, 2.45) is 5.73 Å². The smallest absolute Gasteiger partial charge is 0.129 e. The van der Waals surface area contributed by atoms with Gasteiger partial charge in [0.15, 0.2) is 0 Å². The van der Waals surface area contributed by atoms with E-state index in [-0.39, 0.29) is 5.41 Å². The highest BCUT2D eigenvalue weighted by Crippen LogP contribution is 2.35. The Morgan fingerprint density at radius 3 is 2.54 bits per heavy atom. The molecule has 2 N–H and O–H groups in total. The van der Waals surface area contributed by atoms with Crippen molar-refractivity contribution in [3.8, 4) is 17.0 Å². The zero-order valence-electron chi connectivity index (χ0n) is 15.7. The summed E-state index contributed by atoms with van der Waals surface area (Å²) in [6.07, 6.45) is 0.809. The van der Waals surface area contributed by atoms with Crippen molar-refractivity contribution < 1.29 is 4.74 Å². The summed E-state index contributed by atoms with van der Waals surface area (Å²) in [5.41, 5.74) is 10.2. The van der Waals surface area contributed by atoms with Gasteiger partial charge in [0.2, 0.25) is 0 Å². The fourth-order valence-electron chi connectivity index (χ4n) is 2.73. The maximum Gasteiger partial charge on any atom is 0.129 e. The van der Waals surface area contributed by atoms with Gasteiger partial charge in [0.25, 0.3) is 0 Å². The summed E-state index contributed by atoms with van der Waals surface area (Å²) in [5.74, 6) is 0.867. The van der Waals surface area contributed by atoms with Gasteiger partial charge >= 0.3 is 0 Å². The standard InChI is InChI=1S/C22H26N2OS/c1-22(2,3)17-9-10-20(25-14-16-7-5-4-6-8-16)18(13-17)19-15-26-21(24-19)11-12-23/h4-10,13,15H,11-12,14,23H2,1-3H3. The molecule has 0 bridgehead atoms. The molecule has 1 aromatic heterocycles. The van der Waals surface area contributed by atoms with Crippen molar-refractivity contribution in [1.29, 1.82) is 0 Å². The highest BCUT2D eigenvalue weighted by atomic mass is 32.1. The summed E-state index contributed by atoms with van der Waals surface area (Å²) in [6.45, 7) is 7.82. The Balaban J connectivity index is 1.94. The topological polar surface area (TPSA) is 48.1 Å². The highest BCUT2D eigenvalue weighted by molar-refractivity contribution is 7.09. The third-order valence-electron chi connectivity index (χ3n) is 4.27. The molecule has 0 atom stereocenters. The minimum atomic E-state index is 0.0722. The molecule has 1 heterocycles. The molecule has 0 spiro atoms. The first-order chi connectivity index (χ1) is 12.5. The van der Waals surface area contributed by atoms with Crippen molar-refractivity contribution in [2.75, 3.05) is 6.54 Å². The second-order valence-electron chi connectivity index (χ2n) is 7.40. The van der Waals surface area contributed by atoms with Crippen LogP contribution in [0.25, 0.3) is 11.3 Å². The van der Waals surface area contributed by atoms with Crippen LogP contribution in [0, 0.1) is 0 Å². The van der Waals surface area contributed by atoms with Crippen LogP contribution in [0.2, 0.25) is 0 Å². The quantitative estimate of drug-likeness (QED) is 0.653. The van der Waals surface area contributed by atoms with Crippen LogP contribution in [0.15, 0.2) is 53.9 Å². The highest BCUT2D eigenvalue weighted by Gasteiger charge is 2.18. The lowest BCUT2D eigenvalue weighted by atomic mass is 9.86. The molecule has 0 aliphatic heterocycles. The zero-order valence-corrected chi connectivity index (χ0v) is 16.5. The molecule has 0 unspecified atom stereocenters. The van der Waals surface area contributed by atoms with Crippen molar-refractivity contribution in [3.05, 3.63) is 70.0 Å². The fraction of sp³-hybridized carbons (Fsp3) is 0.318. The van der Waals surface area contributed by atoms with Gasteiger partial charge in [-0.2, -0.15) is 0 Å². The fourth-order valence-corrected chi connectivity index (χ4v) is 3.54. The summed E-state index contributed by atoms with van der Waals surface area (Å²) < 4.78 is 6.15. The number of thiazole rings is 1. The van der Waals surface area contributed by atoms with Crippen LogP contribution in [0.1, 0.15) is 36.9 Å². The first kappa shape index (κ1) is 18.6. The van der Waals surface area contributed by atoms with Gasteiger partial charge in [-0.3, -0.25) is 0 Å². The summed E-state index contributed by atoms with van der Waals surface area (Å²) in [5, 5.41) is 3.17. The molecule has 3 rings (SSSR count). The lowest BCUT2D eigenvalue weighted by Crippen LogP contribution is -2.11. The maximum absolute atomic E-state index is 6.15. The molecule has 0 amide bonds. The molecule has 0 saturated heterocycles. The van der Waals surface area contributed by atoms with E-state index in [2.05, 4.69) is 56.5 Å². The molecule has 2 aromatic carbocycles. The third kappa shape index (κ3) is 4.51. The van der Waals surface area contributed by atoms with Gasteiger partial charge in [-0.05, 0) is 35.2 Å². The van der Waals surface area contributed by atoms with Gasteiger partial charge in [-0.15, -0.1) is 11.3 Å². The largest absolute Gasteiger partial charge is 0.488 e. The van der Waals surface area contributed by atoms with E-state index in [1.54, 1.807) is 11.3 Å². The van der Waals surface area contributed by atoms with Crippen LogP contribution < -0.4 is 10.5 Å². The monoisotopic (exact) mass is 366 g/mol. The number of benzene rings is 2. The Bertz CT molecular complexity index is 850. The predicted molar refractivity (Wildman–Crippen MR) is 110 cm³/mol. The third-order valence-corrected chi connectivity index (χ3v) is 5.18. The molecule has 0 saturated carbocycles. The van der Waals surface area contributed by atoms with E-state index < -0.39 is 0 Å². The number of hydrogen-bond donors (Lipinski definition) is 1. The van der Waals surface area contributed by atoms with E-state index in [0.29, 0.717) is 13.2 Å². The number of ether oxygens (including phenoxy) is 1. The number of aromatic nitrogens is 1. The summed E-state index contributed by atoms with van der Waals surface area (Å²) in [6, 6.07) is 16.7. The molecule has 136 valence electrons. The Kier molecular flexibility index (Phi) is 5.74. The number of nitrogens with two attached hydrogens (primary N) is 1. The molecule has 0 radical (unpaired) electrons. The van der Waals surface area contributed by atoms with Crippen LogP contribution in [0.3, 0.4) is 0 Å². The summed E-state index contributed by atoms with van der Waals surface area (Å²) in [7, 11) is 0. The van der Waals surface area contributed by atoms with E-state index in [1.165, 1.54) is 5.56 Å². The second-order valence-corrected chi connectivity index (χ2v) is 8.34. The van der Waals surface area contributed by atoms with Gasteiger partial charge in [-0.25, -0.2) is 4.98 Å². The lowest BCUT2D eigenvalue weighted by molar-refractivity contribution is 0.307. The minimum Gasteiger partial charge on any atom is -0.488 e. The van der Waals surface area contributed by atoms with Crippen molar-refractivity contribution >= 4 is 11.3 Å². The van der Waals surface area contributed by atoms with E-state index in [1.807, 2.05) is 18.2 Å². The molecule has 4 heteroatoms. The van der Waals surface area contributed by atoms with E-state index in [0.717, 1.165) is 34.0 Å². The molecule has 0 fully saturated rings. The Labute approximate surface area is 159 Å². The van der Waals surface area contributed by atoms with Crippen molar-refractivity contribution in [2.45, 2.75) is 39.2 Å². The van der Waals surface area contributed by atoms with E-state index >= 15 is 0 Å². The minimum absolute atomic E-state index is 0.0722. The lowest BCUT2D eigenvalue weighted by Gasteiger charge is -2.21. The summed E-state index contributed by atoms with van der Waals surface area (Å²) >= 11 is 1.66. The van der Waals surface area contributed by atoms with Crippen LogP contribution >= 0.6 is 11.3 Å². The van der Waals surface area contributed by atoms with Gasteiger partial charge in [0.05, 0.1) is 10.7 Å². The SMILES string of the molecule is CC(C)(C)c1ccc(OCc2ccccc2)c(-c2csc(CCN)n2)c1. The van der Waals surface area contributed by atoms with Gasteiger partial charge in [0, 0.05) is 17.4 Å². The van der Waals surface area contributed by atoms with E-state index in [9.17, 15) is 0 Å². The van der Waals surface area contributed by atoms with Crippen LogP contribution in [-0.4, -0.2) is 11.5 Å². The molecule has 26 heavy (non-hydrogen) atoms. The first-order valence-corrected chi connectivity index (χ1v) is 9.81. The summed E-state index contributed by atoms with van der Waals surface area (Å²) in [4.78, 5) is 4.77. The van der Waals surface area contributed by atoms with Crippen LogP contribution in [0.4, 0.5) is 0 Å². The Hall–Kier alpha value is -2.17. The molecule has 3 aromatic rings. The molecular weight excluding hydrogens is 340 g/mol. The van der Waals surface area contributed by atoms with Crippen LogP contribution in [-0.2, 0) is 18.4 Å². The van der Waals surface area contributed by atoms with Crippen molar-refractivity contribution in [3.63, 3.8) is 0 Å². The van der Waals surface area contributed by atoms with Crippen LogP contribution in [0.5, 0.6) is 5.75 Å². The molecule has 0 aliphatic carbocycles. The van der Waals surface area contributed by atoms with Gasteiger partial charge in [0.1, 0.15) is 12.4 Å². The van der Waals surface area contributed by atoms with Gasteiger partial charge in [-0.1, -0.05) is 57.2 Å². The number of nitrogens with zero attached hydrogens (tertiary/aromatic N) is 1.